The highest BCUT2D eigenvalue weighted by Crippen LogP contribution is 2.13. The number of carbonyl (C=O) groups is 2. The predicted octanol–water partition coefficient (Wildman–Crippen LogP) is 1.67. The molecule has 0 N–H and O–H groups in total. The van der Waals surface area contributed by atoms with Crippen molar-refractivity contribution >= 4 is 12.0 Å². The van der Waals surface area contributed by atoms with E-state index in [9.17, 15) is 9.59 Å². The summed E-state index contributed by atoms with van der Waals surface area (Å²) in [5.41, 5.74) is -0.562. The van der Waals surface area contributed by atoms with Gasteiger partial charge >= 0.3 is 6.09 Å². The summed E-state index contributed by atoms with van der Waals surface area (Å²) in [6.07, 6.45) is 2.74. The lowest BCUT2D eigenvalue weighted by molar-refractivity contribution is -0.125. The lowest BCUT2D eigenvalue weighted by Gasteiger charge is -2.22. The largest absolute Gasteiger partial charge is 0.443 e. The van der Waals surface area contributed by atoms with Gasteiger partial charge in [-0.1, -0.05) is 6.08 Å². The van der Waals surface area contributed by atoms with Gasteiger partial charge in [-0.05, 0) is 20.8 Å². The van der Waals surface area contributed by atoms with Crippen molar-refractivity contribution in [1.29, 1.82) is 0 Å². The molecule has 72 valence electrons. The summed E-state index contributed by atoms with van der Waals surface area (Å²) in [6, 6.07) is 0. The maximum atomic E-state index is 11.3. The van der Waals surface area contributed by atoms with Crippen molar-refractivity contribution in [2.75, 3.05) is 0 Å². The molecular formula is C9H13NO3. The van der Waals surface area contributed by atoms with Crippen molar-refractivity contribution in [2.45, 2.75) is 32.8 Å². The number of amides is 2. The average Bonchev–Trinajstić information content (AvgIpc) is 2.30. The van der Waals surface area contributed by atoms with E-state index in [0.717, 1.165) is 4.90 Å². The normalized spacial score (nSPS) is 16.5. The Labute approximate surface area is 77.2 Å². The highest BCUT2D eigenvalue weighted by molar-refractivity contribution is 5.95. The number of nitrogens with zero attached hydrogens (tertiary/aromatic N) is 1. The summed E-state index contributed by atoms with van der Waals surface area (Å²) in [5, 5.41) is 0. The van der Waals surface area contributed by atoms with Gasteiger partial charge in [-0.2, -0.15) is 0 Å². The molecule has 1 aliphatic rings. The first-order valence-electron chi connectivity index (χ1n) is 4.12. The third-order valence-corrected chi connectivity index (χ3v) is 1.41. The predicted molar refractivity (Wildman–Crippen MR) is 46.8 cm³/mol. The first-order chi connectivity index (χ1) is 5.90. The summed E-state index contributed by atoms with van der Waals surface area (Å²) >= 11 is 0. The molecule has 0 radical (unpaired) electrons. The van der Waals surface area contributed by atoms with Crippen LogP contribution in [-0.2, 0) is 9.53 Å². The molecule has 0 saturated heterocycles. The highest BCUT2D eigenvalue weighted by atomic mass is 16.6. The monoisotopic (exact) mass is 183 g/mol. The first kappa shape index (κ1) is 9.77. The van der Waals surface area contributed by atoms with Crippen molar-refractivity contribution in [3.05, 3.63) is 12.3 Å². The smallest absolute Gasteiger partial charge is 0.421 e. The van der Waals surface area contributed by atoms with E-state index in [2.05, 4.69) is 0 Å². The molecule has 0 aliphatic carbocycles. The molecule has 0 atom stereocenters. The zero-order valence-electron chi connectivity index (χ0n) is 8.03. The second-order valence-corrected chi connectivity index (χ2v) is 3.83. The molecule has 0 unspecified atom stereocenters. The molecule has 13 heavy (non-hydrogen) atoms. The molecule has 0 saturated carbocycles. The van der Waals surface area contributed by atoms with Crippen molar-refractivity contribution in [1.82, 2.24) is 4.90 Å². The average molecular weight is 183 g/mol. The van der Waals surface area contributed by atoms with Gasteiger partial charge in [0.05, 0.1) is 0 Å². The number of carbonyl (C=O) groups excluding carboxylic acids is 2. The Morgan fingerprint density at radius 3 is 2.54 bits per heavy atom. The van der Waals surface area contributed by atoms with E-state index in [1.54, 1.807) is 26.8 Å². The van der Waals surface area contributed by atoms with Gasteiger partial charge in [-0.3, -0.25) is 4.79 Å². The van der Waals surface area contributed by atoms with Crippen molar-refractivity contribution < 1.29 is 14.3 Å². The molecular weight excluding hydrogens is 170 g/mol. The fourth-order valence-electron chi connectivity index (χ4n) is 0.914. The van der Waals surface area contributed by atoms with Gasteiger partial charge in [0, 0.05) is 12.6 Å². The third-order valence-electron chi connectivity index (χ3n) is 1.41. The van der Waals surface area contributed by atoms with Crippen molar-refractivity contribution in [3.8, 4) is 0 Å². The van der Waals surface area contributed by atoms with Gasteiger partial charge in [0.2, 0.25) is 5.91 Å². The van der Waals surface area contributed by atoms with E-state index in [1.165, 1.54) is 6.20 Å². The minimum Gasteiger partial charge on any atom is -0.443 e. The summed E-state index contributed by atoms with van der Waals surface area (Å²) in [7, 11) is 0. The van der Waals surface area contributed by atoms with Crippen LogP contribution in [0.3, 0.4) is 0 Å². The quantitative estimate of drug-likeness (QED) is 0.573. The van der Waals surface area contributed by atoms with Crippen LogP contribution < -0.4 is 0 Å². The number of imide groups is 1. The van der Waals surface area contributed by atoms with Gasteiger partial charge in [-0.15, -0.1) is 0 Å². The van der Waals surface area contributed by atoms with Crippen LogP contribution in [0.2, 0.25) is 0 Å². The fraction of sp³-hybridized carbons (Fsp3) is 0.556. The molecule has 0 aromatic carbocycles. The van der Waals surface area contributed by atoms with Crippen LogP contribution in [0.15, 0.2) is 12.3 Å². The first-order valence-corrected chi connectivity index (χ1v) is 4.12. The van der Waals surface area contributed by atoms with Gasteiger partial charge in [-0.25, -0.2) is 9.69 Å². The zero-order valence-corrected chi connectivity index (χ0v) is 8.03. The SMILES string of the molecule is CC(C)(C)OC(=O)N1C=CCC1=O. The van der Waals surface area contributed by atoms with Crippen LogP contribution in [0.5, 0.6) is 0 Å². The van der Waals surface area contributed by atoms with Crippen LogP contribution in [0.25, 0.3) is 0 Å². The molecule has 0 spiro atoms. The molecule has 0 aromatic heterocycles. The second kappa shape index (κ2) is 3.20. The van der Waals surface area contributed by atoms with Crippen molar-refractivity contribution in [3.63, 3.8) is 0 Å². The summed E-state index contributed by atoms with van der Waals surface area (Å²) < 4.78 is 5.01. The van der Waals surface area contributed by atoms with E-state index in [0.29, 0.717) is 0 Å². The summed E-state index contributed by atoms with van der Waals surface area (Å²) in [4.78, 5) is 23.4. The van der Waals surface area contributed by atoms with Crippen LogP contribution in [-0.4, -0.2) is 22.5 Å². The number of ether oxygens (including phenoxy) is 1. The molecule has 2 amide bonds. The van der Waals surface area contributed by atoms with E-state index in [1.807, 2.05) is 0 Å². The van der Waals surface area contributed by atoms with Gasteiger partial charge in [0.1, 0.15) is 5.60 Å². The Bertz CT molecular complexity index is 263. The van der Waals surface area contributed by atoms with Gasteiger partial charge in [0.15, 0.2) is 0 Å². The van der Waals surface area contributed by atoms with E-state index >= 15 is 0 Å². The molecule has 1 aliphatic heterocycles. The van der Waals surface area contributed by atoms with E-state index < -0.39 is 11.7 Å². The standard InChI is InChI=1S/C9H13NO3/c1-9(2,3)13-8(12)10-6-4-5-7(10)11/h4,6H,5H2,1-3H3. The molecule has 1 rings (SSSR count). The Morgan fingerprint density at radius 1 is 1.54 bits per heavy atom. The second-order valence-electron chi connectivity index (χ2n) is 3.83. The van der Waals surface area contributed by atoms with Crippen LogP contribution in [0.1, 0.15) is 27.2 Å². The molecule has 4 nitrogen and oxygen atoms in total. The number of hydrogen-bond acceptors (Lipinski definition) is 3. The molecule has 0 aromatic rings. The lowest BCUT2D eigenvalue weighted by atomic mass is 10.2. The van der Waals surface area contributed by atoms with E-state index in [4.69, 9.17) is 4.74 Å². The molecule has 0 bridgehead atoms. The summed E-state index contributed by atoms with van der Waals surface area (Å²) in [6.45, 7) is 5.28. The topological polar surface area (TPSA) is 46.6 Å². The summed E-state index contributed by atoms with van der Waals surface area (Å²) in [5.74, 6) is -0.241. The maximum absolute atomic E-state index is 11.3. The molecule has 1 heterocycles. The Balaban J connectivity index is 2.58. The minimum atomic E-state index is -0.605. The van der Waals surface area contributed by atoms with Gasteiger partial charge < -0.3 is 4.74 Å². The van der Waals surface area contributed by atoms with Crippen molar-refractivity contribution in [2.24, 2.45) is 0 Å². The molecule has 0 fully saturated rings. The Morgan fingerprint density at radius 2 is 2.15 bits per heavy atom. The van der Waals surface area contributed by atoms with E-state index in [-0.39, 0.29) is 12.3 Å². The highest BCUT2D eigenvalue weighted by Gasteiger charge is 2.27. The molecule has 4 heteroatoms. The fourth-order valence-corrected chi connectivity index (χ4v) is 0.914. The minimum absolute atomic E-state index is 0.241. The maximum Gasteiger partial charge on any atom is 0.421 e. The Kier molecular flexibility index (Phi) is 2.40. The van der Waals surface area contributed by atoms with Crippen LogP contribution >= 0.6 is 0 Å². The third kappa shape index (κ3) is 2.57. The van der Waals surface area contributed by atoms with Crippen LogP contribution in [0, 0.1) is 0 Å². The van der Waals surface area contributed by atoms with Gasteiger partial charge in [0.25, 0.3) is 0 Å². The number of hydrogen-bond donors (Lipinski definition) is 0. The van der Waals surface area contributed by atoms with Crippen LogP contribution in [0.4, 0.5) is 4.79 Å². The Hall–Kier alpha value is -1.32. The number of rotatable bonds is 0. The zero-order chi connectivity index (χ0) is 10.1. The lowest BCUT2D eigenvalue weighted by Crippen LogP contribution is -2.35.